The lowest BCUT2D eigenvalue weighted by molar-refractivity contribution is -0.0658. The maximum Gasteiger partial charge on any atom is 0.229 e. The van der Waals surface area contributed by atoms with Gasteiger partial charge in [0.15, 0.2) is 0 Å². The lowest BCUT2D eigenvalue weighted by Gasteiger charge is -2.36. The molecular formula is C16H28N2O3. The molecule has 0 amide bonds. The van der Waals surface area contributed by atoms with E-state index in [2.05, 4.69) is 30.9 Å². The van der Waals surface area contributed by atoms with Gasteiger partial charge in [-0.3, -0.25) is 0 Å². The number of aromatic nitrogens is 2. The van der Waals surface area contributed by atoms with Gasteiger partial charge in [0.2, 0.25) is 11.7 Å². The second-order valence-electron chi connectivity index (χ2n) is 6.90. The van der Waals surface area contributed by atoms with Crippen LogP contribution in [0.5, 0.6) is 0 Å². The summed E-state index contributed by atoms with van der Waals surface area (Å²) < 4.78 is 11.1. The van der Waals surface area contributed by atoms with Gasteiger partial charge in [0.25, 0.3) is 0 Å². The topological polar surface area (TPSA) is 68.4 Å². The van der Waals surface area contributed by atoms with Crippen molar-refractivity contribution >= 4 is 0 Å². The molecule has 1 aliphatic carbocycles. The molecular weight excluding hydrogens is 268 g/mol. The van der Waals surface area contributed by atoms with Gasteiger partial charge in [-0.25, -0.2) is 0 Å². The zero-order chi connectivity index (χ0) is 15.5. The Morgan fingerprint density at radius 3 is 2.86 bits per heavy atom. The maximum absolute atomic E-state index is 10.00. The van der Waals surface area contributed by atoms with E-state index in [1.54, 1.807) is 7.11 Å². The molecule has 5 heteroatoms. The van der Waals surface area contributed by atoms with Gasteiger partial charge >= 0.3 is 0 Å². The standard InChI is InChI=1S/C16H28N2O3/c1-11(2)8-13(19)9-14-17-15(18-21-14)16(20-4)7-5-6-12(3)10-16/h11-13,19H,5-10H2,1-4H3. The molecule has 0 radical (unpaired) electrons. The summed E-state index contributed by atoms with van der Waals surface area (Å²) in [5, 5.41) is 14.1. The third-order valence-electron chi connectivity index (χ3n) is 4.38. The minimum atomic E-state index is -0.429. The van der Waals surface area contributed by atoms with Crippen molar-refractivity contribution in [3.05, 3.63) is 11.7 Å². The fourth-order valence-corrected chi connectivity index (χ4v) is 3.33. The fourth-order valence-electron chi connectivity index (χ4n) is 3.33. The van der Waals surface area contributed by atoms with E-state index in [-0.39, 0.29) is 0 Å². The van der Waals surface area contributed by atoms with Crippen LogP contribution in [-0.4, -0.2) is 28.5 Å². The van der Waals surface area contributed by atoms with Crippen LogP contribution in [-0.2, 0) is 16.8 Å². The first-order chi connectivity index (χ1) is 9.95. The van der Waals surface area contributed by atoms with Crippen LogP contribution in [0.25, 0.3) is 0 Å². The molecule has 0 spiro atoms. The van der Waals surface area contributed by atoms with Gasteiger partial charge in [-0.2, -0.15) is 4.98 Å². The second kappa shape index (κ2) is 6.88. The Labute approximate surface area is 127 Å². The van der Waals surface area contributed by atoms with Gasteiger partial charge in [-0.15, -0.1) is 0 Å². The van der Waals surface area contributed by atoms with E-state index in [9.17, 15) is 5.11 Å². The van der Waals surface area contributed by atoms with Gasteiger partial charge in [0.05, 0.1) is 12.5 Å². The first-order valence-corrected chi connectivity index (χ1v) is 8.01. The van der Waals surface area contributed by atoms with Crippen LogP contribution in [0.2, 0.25) is 0 Å². The molecule has 1 aliphatic rings. The summed E-state index contributed by atoms with van der Waals surface area (Å²) in [5.74, 6) is 2.20. The molecule has 1 aromatic rings. The molecule has 0 aliphatic heterocycles. The maximum atomic E-state index is 10.00. The van der Waals surface area contributed by atoms with Crippen LogP contribution >= 0.6 is 0 Å². The number of methoxy groups -OCH3 is 1. The molecule has 1 fully saturated rings. The molecule has 0 saturated heterocycles. The Balaban J connectivity index is 2.07. The Morgan fingerprint density at radius 2 is 2.24 bits per heavy atom. The van der Waals surface area contributed by atoms with Crippen molar-refractivity contribution in [1.29, 1.82) is 0 Å². The summed E-state index contributed by atoms with van der Waals surface area (Å²) >= 11 is 0. The zero-order valence-corrected chi connectivity index (χ0v) is 13.6. The third kappa shape index (κ3) is 4.04. The minimum Gasteiger partial charge on any atom is -0.393 e. The van der Waals surface area contributed by atoms with Crippen molar-refractivity contribution in [3.8, 4) is 0 Å². The SMILES string of the molecule is COC1(c2noc(CC(O)CC(C)C)n2)CCCC(C)C1. The molecule has 1 heterocycles. The van der Waals surface area contributed by atoms with Crippen molar-refractivity contribution in [2.24, 2.45) is 11.8 Å². The predicted molar refractivity (Wildman–Crippen MR) is 79.8 cm³/mol. The molecule has 2 rings (SSSR count). The van der Waals surface area contributed by atoms with E-state index in [1.165, 1.54) is 6.42 Å². The van der Waals surface area contributed by atoms with Crippen LogP contribution in [0.4, 0.5) is 0 Å². The first-order valence-electron chi connectivity index (χ1n) is 8.01. The number of hydrogen-bond donors (Lipinski definition) is 1. The van der Waals surface area contributed by atoms with Crippen LogP contribution < -0.4 is 0 Å². The van der Waals surface area contributed by atoms with Gasteiger partial charge < -0.3 is 14.4 Å². The number of nitrogens with zero attached hydrogens (tertiary/aromatic N) is 2. The summed E-state index contributed by atoms with van der Waals surface area (Å²) in [6.45, 7) is 6.41. The highest BCUT2D eigenvalue weighted by atomic mass is 16.5. The lowest BCUT2D eigenvalue weighted by atomic mass is 9.78. The molecule has 3 atom stereocenters. The van der Waals surface area contributed by atoms with Gasteiger partial charge in [-0.1, -0.05) is 32.3 Å². The van der Waals surface area contributed by atoms with Crippen molar-refractivity contribution in [2.45, 2.75) is 71.0 Å². The second-order valence-corrected chi connectivity index (χ2v) is 6.90. The van der Waals surface area contributed by atoms with E-state index in [0.717, 1.165) is 25.7 Å². The monoisotopic (exact) mass is 296 g/mol. The zero-order valence-electron chi connectivity index (χ0n) is 13.6. The quantitative estimate of drug-likeness (QED) is 0.873. The summed E-state index contributed by atoms with van der Waals surface area (Å²) in [4.78, 5) is 4.50. The van der Waals surface area contributed by atoms with E-state index in [0.29, 0.717) is 30.0 Å². The van der Waals surface area contributed by atoms with E-state index < -0.39 is 11.7 Å². The van der Waals surface area contributed by atoms with Crippen molar-refractivity contribution in [3.63, 3.8) is 0 Å². The number of hydrogen-bond acceptors (Lipinski definition) is 5. The smallest absolute Gasteiger partial charge is 0.229 e. The number of aliphatic hydroxyl groups is 1. The molecule has 21 heavy (non-hydrogen) atoms. The molecule has 1 aromatic heterocycles. The van der Waals surface area contributed by atoms with Crippen LogP contribution in [0.15, 0.2) is 4.52 Å². The molecule has 3 unspecified atom stereocenters. The largest absolute Gasteiger partial charge is 0.393 e. The Hall–Kier alpha value is -0.940. The summed E-state index contributed by atoms with van der Waals surface area (Å²) in [7, 11) is 1.72. The van der Waals surface area contributed by atoms with Gasteiger partial charge in [0.1, 0.15) is 5.60 Å². The van der Waals surface area contributed by atoms with Crippen LogP contribution in [0.1, 0.15) is 64.6 Å². The van der Waals surface area contributed by atoms with E-state index >= 15 is 0 Å². The van der Waals surface area contributed by atoms with Crippen LogP contribution in [0, 0.1) is 11.8 Å². The van der Waals surface area contributed by atoms with E-state index in [1.807, 2.05) is 0 Å². The highest BCUT2D eigenvalue weighted by Gasteiger charge is 2.41. The molecule has 0 aromatic carbocycles. The minimum absolute atomic E-state index is 0.414. The number of rotatable bonds is 6. The highest BCUT2D eigenvalue weighted by molar-refractivity contribution is 5.04. The predicted octanol–water partition coefficient (Wildman–Crippen LogP) is 3.07. The molecule has 1 saturated carbocycles. The fraction of sp³-hybridized carbons (Fsp3) is 0.875. The molecule has 5 nitrogen and oxygen atoms in total. The van der Waals surface area contributed by atoms with Crippen molar-refractivity contribution < 1.29 is 14.4 Å². The van der Waals surface area contributed by atoms with Gasteiger partial charge in [0, 0.05) is 7.11 Å². The summed E-state index contributed by atoms with van der Waals surface area (Å²) in [6.07, 6.45) is 4.93. The molecule has 0 bridgehead atoms. The number of ether oxygens (including phenoxy) is 1. The highest BCUT2D eigenvalue weighted by Crippen LogP contribution is 2.41. The molecule has 120 valence electrons. The lowest BCUT2D eigenvalue weighted by Crippen LogP contribution is -2.35. The number of aliphatic hydroxyl groups excluding tert-OH is 1. The van der Waals surface area contributed by atoms with Crippen molar-refractivity contribution in [1.82, 2.24) is 10.1 Å². The summed E-state index contributed by atoms with van der Waals surface area (Å²) in [6, 6.07) is 0. The van der Waals surface area contributed by atoms with Crippen LogP contribution in [0.3, 0.4) is 0 Å². The Bertz CT molecular complexity index is 446. The Morgan fingerprint density at radius 1 is 1.48 bits per heavy atom. The van der Waals surface area contributed by atoms with Crippen molar-refractivity contribution in [2.75, 3.05) is 7.11 Å². The average Bonchev–Trinajstić information content (AvgIpc) is 2.86. The van der Waals surface area contributed by atoms with Gasteiger partial charge in [-0.05, 0) is 37.5 Å². The average molecular weight is 296 g/mol. The first kappa shape index (κ1) is 16.4. The molecule has 1 N–H and O–H groups in total. The van der Waals surface area contributed by atoms with E-state index in [4.69, 9.17) is 9.26 Å². The summed E-state index contributed by atoms with van der Waals surface area (Å²) in [5.41, 5.74) is -0.414. The third-order valence-corrected chi connectivity index (χ3v) is 4.38. The Kier molecular flexibility index (Phi) is 5.38. The normalized spacial score (nSPS) is 28.0.